The second-order valence-corrected chi connectivity index (χ2v) is 6.02. The zero-order valence-corrected chi connectivity index (χ0v) is 13.8. The maximum Gasteiger partial charge on any atom is 0.329 e. The number of imide groups is 1. The molecule has 0 unspecified atom stereocenters. The first-order valence-electron chi connectivity index (χ1n) is 5.75. The van der Waals surface area contributed by atoms with Gasteiger partial charge >= 0.3 is 5.97 Å². The molecule has 0 radical (unpaired) electrons. The summed E-state index contributed by atoms with van der Waals surface area (Å²) >= 11 is 23.5. The largest absolute Gasteiger partial charge is 0.480 e. The summed E-state index contributed by atoms with van der Waals surface area (Å²) in [6, 6.07) is -1.79. The number of carboxylic acid groups (broad SMARTS) is 1. The normalized spacial score (nSPS) is 16.7. The second-order valence-electron chi connectivity index (χ2n) is 4.51. The van der Waals surface area contributed by atoms with Crippen LogP contribution in [-0.4, -0.2) is 45.0 Å². The predicted octanol–water partition coefficient (Wildman–Crippen LogP) is 2.73. The Kier molecular flexibility index (Phi) is 4.61. The minimum absolute atomic E-state index is 0.223. The van der Waals surface area contributed by atoms with Gasteiger partial charge in [-0.1, -0.05) is 46.4 Å². The first-order chi connectivity index (χ1) is 10.1. The van der Waals surface area contributed by atoms with Gasteiger partial charge in [0.1, 0.15) is 0 Å². The Labute approximate surface area is 144 Å². The molecular weight excluding hydrogens is 380 g/mol. The molecule has 22 heavy (non-hydrogen) atoms. The van der Waals surface area contributed by atoms with Crippen LogP contribution < -0.4 is 0 Å². The van der Waals surface area contributed by atoms with Crippen molar-refractivity contribution in [1.29, 1.82) is 0 Å². The van der Waals surface area contributed by atoms with E-state index in [1.807, 2.05) is 0 Å². The van der Waals surface area contributed by atoms with Gasteiger partial charge in [-0.3, -0.25) is 14.5 Å². The lowest BCUT2D eigenvalue weighted by Gasteiger charge is -2.24. The summed E-state index contributed by atoms with van der Waals surface area (Å²) in [5.74, 6) is -3.59. The third kappa shape index (κ3) is 2.35. The van der Waals surface area contributed by atoms with Crippen molar-refractivity contribution in [3.05, 3.63) is 31.2 Å². The topological polar surface area (TPSA) is 94.9 Å². The number of halogens is 4. The summed E-state index contributed by atoms with van der Waals surface area (Å²) in [6.07, 6.45) is -1.51. The highest BCUT2D eigenvalue weighted by Gasteiger charge is 2.48. The standard InChI is InChI=1S/C12H7Cl4NO5/c1-2(18)9(12(21)22)17-10(19)3-4(11(17)20)6(14)8(16)7(15)5(3)13/h2,9,18H,1H3,(H,21,22)/t2-,9+/m1/s1. The predicted molar refractivity (Wildman–Crippen MR) is 80.1 cm³/mol. The van der Waals surface area contributed by atoms with E-state index in [2.05, 4.69) is 0 Å². The summed E-state index contributed by atoms with van der Waals surface area (Å²) in [7, 11) is 0. The van der Waals surface area contributed by atoms with Crippen LogP contribution >= 0.6 is 46.4 Å². The van der Waals surface area contributed by atoms with E-state index < -0.39 is 29.9 Å². The van der Waals surface area contributed by atoms with Gasteiger partial charge in [0.15, 0.2) is 6.04 Å². The zero-order chi connectivity index (χ0) is 16.9. The van der Waals surface area contributed by atoms with Crippen LogP contribution in [0, 0.1) is 0 Å². The van der Waals surface area contributed by atoms with E-state index in [9.17, 15) is 19.5 Å². The van der Waals surface area contributed by atoms with Crippen LogP contribution in [0.25, 0.3) is 0 Å². The van der Waals surface area contributed by atoms with E-state index in [4.69, 9.17) is 51.5 Å². The van der Waals surface area contributed by atoms with Crippen LogP contribution in [0.5, 0.6) is 0 Å². The molecule has 0 aliphatic carbocycles. The van der Waals surface area contributed by atoms with Crippen LogP contribution in [0.4, 0.5) is 0 Å². The number of aliphatic carboxylic acids is 1. The number of benzene rings is 1. The first-order valence-corrected chi connectivity index (χ1v) is 7.27. The minimum atomic E-state index is -1.79. The fraction of sp³-hybridized carbons (Fsp3) is 0.250. The molecule has 0 bridgehead atoms. The fourth-order valence-electron chi connectivity index (χ4n) is 2.15. The van der Waals surface area contributed by atoms with E-state index in [-0.39, 0.29) is 31.2 Å². The molecule has 2 N–H and O–H groups in total. The average molecular weight is 387 g/mol. The van der Waals surface area contributed by atoms with Crippen LogP contribution in [0.2, 0.25) is 20.1 Å². The highest BCUT2D eigenvalue weighted by molar-refractivity contribution is 6.55. The fourth-order valence-corrected chi connectivity index (χ4v) is 3.17. The van der Waals surface area contributed by atoms with Crippen molar-refractivity contribution < 1.29 is 24.6 Å². The molecule has 0 saturated carbocycles. The molecule has 1 heterocycles. The third-order valence-corrected chi connectivity index (χ3v) is 4.92. The molecule has 2 amide bonds. The van der Waals surface area contributed by atoms with Gasteiger partial charge in [0.25, 0.3) is 11.8 Å². The van der Waals surface area contributed by atoms with Crippen LogP contribution in [0.1, 0.15) is 27.6 Å². The van der Waals surface area contributed by atoms with Gasteiger partial charge in [0, 0.05) is 0 Å². The van der Waals surface area contributed by atoms with Crippen molar-refractivity contribution >= 4 is 64.2 Å². The van der Waals surface area contributed by atoms with Crippen LogP contribution in [0.15, 0.2) is 0 Å². The highest BCUT2D eigenvalue weighted by Crippen LogP contribution is 2.45. The summed E-state index contributed by atoms with van der Waals surface area (Å²) in [5.41, 5.74) is -0.670. The van der Waals surface area contributed by atoms with Gasteiger partial charge < -0.3 is 10.2 Å². The number of fused-ring (bicyclic) bond motifs is 1. The third-order valence-electron chi connectivity index (χ3n) is 3.12. The zero-order valence-electron chi connectivity index (χ0n) is 10.7. The van der Waals surface area contributed by atoms with Crippen LogP contribution in [-0.2, 0) is 4.79 Å². The summed E-state index contributed by atoms with van der Waals surface area (Å²) in [5, 5.41) is 17.6. The number of hydrogen-bond donors (Lipinski definition) is 2. The molecule has 10 heteroatoms. The number of carboxylic acids is 1. The highest BCUT2D eigenvalue weighted by atomic mass is 35.5. The van der Waals surface area contributed by atoms with Gasteiger partial charge in [-0.25, -0.2) is 4.79 Å². The molecule has 2 rings (SSSR count). The number of aliphatic hydroxyl groups is 1. The molecule has 118 valence electrons. The number of rotatable bonds is 3. The summed E-state index contributed by atoms with van der Waals surface area (Å²) in [4.78, 5) is 36.4. The van der Waals surface area contributed by atoms with E-state index >= 15 is 0 Å². The molecule has 1 aromatic rings. The van der Waals surface area contributed by atoms with Crippen molar-refractivity contribution in [1.82, 2.24) is 4.90 Å². The number of hydrogen-bond acceptors (Lipinski definition) is 4. The maximum atomic E-state index is 12.4. The maximum absolute atomic E-state index is 12.4. The summed E-state index contributed by atoms with van der Waals surface area (Å²) in [6.45, 7) is 1.13. The van der Waals surface area contributed by atoms with Crippen molar-refractivity contribution in [2.45, 2.75) is 19.1 Å². The molecule has 0 saturated heterocycles. The molecule has 0 aromatic heterocycles. The van der Waals surface area contributed by atoms with Crippen molar-refractivity contribution in [3.8, 4) is 0 Å². The number of carbonyl (C=O) groups excluding carboxylic acids is 2. The smallest absolute Gasteiger partial charge is 0.329 e. The number of amides is 2. The van der Waals surface area contributed by atoms with Gasteiger partial charge in [-0.15, -0.1) is 0 Å². The molecule has 0 spiro atoms. The summed E-state index contributed by atoms with van der Waals surface area (Å²) < 4.78 is 0. The Morgan fingerprint density at radius 1 is 0.955 bits per heavy atom. The monoisotopic (exact) mass is 385 g/mol. The van der Waals surface area contributed by atoms with E-state index in [1.165, 1.54) is 0 Å². The first kappa shape index (κ1) is 17.3. The Bertz CT molecular complexity index is 671. The SMILES string of the molecule is C[C@@H](O)[C@@H](C(=O)O)N1C(=O)c2c(Cl)c(Cl)c(Cl)c(Cl)c2C1=O. The lowest BCUT2D eigenvalue weighted by Crippen LogP contribution is -2.50. The lowest BCUT2D eigenvalue weighted by atomic mass is 10.1. The number of aliphatic hydroxyl groups excluding tert-OH is 1. The van der Waals surface area contributed by atoms with Gasteiger partial charge in [-0.05, 0) is 6.92 Å². The number of carbonyl (C=O) groups is 3. The second kappa shape index (κ2) is 5.86. The minimum Gasteiger partial charge on any atom is -0.480 e. The molecule has 6 nitrogen and oxygen atoms in total. The Hall–Kier alpha value is -1.05. The Morgan fingerprint density at radius 3 is 1.59 bits per heavy atom. The van der Waals surface area contributed by atoms with E-state index in [1.54, 1.807) is 0 Å². The van der Waals surface area contributed by atoms with E-state index in [0.717, 1.165) is 6.92 Å². The molecular formula is C12H7Cl4NO5. The number of nitrogens with zero attached hydrogens (tertiary/aromatic N) is 1. The van der Waals surface area contributed by atoms with E-state index in [0.29, 0.717) is 4.90 Å². The van der Waals surface area contributed by atoms with Crippen molar-refractivity contribution in [2.24, 2.45) is 0 Å². The Balaban J connectivity index is 2.71. The molecule has 1 aliphatic heterocycles. The van der Waals surface area contributed by atoms with Crippen molar-refractivity contribution in [2.75, 3.05) is 0 Å². The molecule has 2 atom stereocenters. The quantitative estimate of drug-likeness (QED) is 0.473. The average Bonchev–Trinajstić information content (AvgIpc) is 2.67. The molecule has 1 aliphatic rings. The molecule has 1 aromatic carbocycles. The lowest BCUT2D eigenvalue weighted by molar-refractivity contribution is -0.145. The van der Waals surface area contributed by atoms with Crippen molar-refractivity contribution in [3.63, 3.8) is 0 Å². The Morgan fingerprint density at radius 2 is 1.32 bits per heavy atom. The van der Waals surface area contributed by atoms with Gasteiger partial charge in [0.05, 0.1) is 37.3 Å². The van der Waals surface area contributed by atoms with Gasteiger partial charge in [-0.2, -0.15) is 0 Å². The molecule has 0 fully saturated rings. The van der Waals surface area contributed by atoms with Gasteiger partial charge in [0.2, 0.25) is 0 Å². The van der Waals surface area contributed by atoms with Crippen LogP contribution in [0.3, 0.4) is 0 Å².